The first-order valence-electron chi connectivity index (χ1n) is 6.76. The molecule has 0 radical (unpaired) electrons. The average molecular weight is 281 g/mol. The van der Waals surface area contributed by atoms with Crippen LogP contribution in [0.5, 0.6) is 0 Å². The van der Waals surface area contributed by atoms with E-state index in [9.17, 15) is 4.39 Å². The summed E-state index contributed by atoms with van der Waals surface area (Å²) in [4.78, 5) is 4.38. The lowest BCUT2D eigenvalue weighted by atomic mass is 10.1. The first kappa shape index (κ1) is 13.4. The Morgan fingerprint density at radius 3 is 2.62 bits per heavy atom. The van der Waals surface area contributed by atoms with Gasteiger partial charge in [-0.15, -0.1) is 0 Å². The van der Waals surface area contributed by atoms with Crippen molar-refractivity contribution in [2.75, 3.05) is 11.1 Å². The number of nitrogens with one attached hydrogen (secondary N) is 1. The monoisotopic (exact) mass is 281 g/mol. The number of halogens is 1. The predicted octanol–water partition coefficient (Wildman–Crippen LogP) is 3.88. The van der Waals surface area contributed by atoms with Crippen LogP contribution in [0.1, 0.15) is 11.1 Å². The lowest BCUT2D eigenvalue weighted by Crippen LogP contribution is -2.02. The molecule has 0 bridgehead atoms. The molecule has 4 heteroatoms. The molecule has 0 unspecified atom stereocenters. The van der Waals surface area contributed by atoms with Crippen LogP contribution in [0.15, 0.2) is 48.7 Å². The molecule has 1 heterocycles. The van der Waals surface area contributed by atoms with E-state index in [-0.39, 0.29) is 5.82 Å². The fraction of sp³-hybridized carbons (Fsp3) is 0.118. The summed E-state index contributed by atoms with van der Waals surface area (Å²) in [5, 5.41) is 5.27. The first-order chi connectivity index (χ1) is 10.1. The van der Waals surface area contributed by atoms with E-state index in [1.54, 1.807) is 18.3 Å². The van der Waals surface area contributed by atoms with Crippen molar-refractivity contribution < 1.29 is 4.39 Å². The molecular weight excluding hydrogens is 265 g/mol. The molecule has 3 aromatic rings. The molecule has 0 fully saturated rings. The molecule has 0 saturated carbocycles. The van der Waals surface area contributed by atoms with Crippen molar-refractivity contribution in [1.82, 2.24) is 4.98 Å². The van der Waals surface area contributed by atoms with Gasteiger partial charge in [-0.3, -0.25) is 0 Å². The van der Waals surface area contributed by atoms with Gasteiger partial charge in [0.05, 0.1) is 0 Å². The first-order valence-corrected chi connectivity index (χ1v) is 6.76. The highest BCUT2D eigenvalue weighted by Crippen LogP contribution is 2.27. The number of hydrogen-bond donors (Lipinski definition) is 2. The lowest BCUT2D eigenvalue weighted by molar-refractivity contribution is 0.627. The molecule has 0 aliphatic carbocycles. The third kappa shape index (κ3) is 2.79. The highest BCUT2D eigenvalue weighted by Gasteiger charge is 2.06. The van der Waals surface area contributed by atoms with Gasteiger partial charge in [0.2, 0.25) is 0 Å². The zero-order valence-corrected chi connectivity index (χ0v) is 11.7. The van der Waals surface area contributed by atoms with Crippen molar-refractivity contribution in [3.63, 3.8) is 0 Å². The molecule has 1 aromatic heterocycles. The van der Waals surface area contributed by atoms with Crippen LogP contribution in [-0.2, 0) is 6.54 Å². The zero-order valence-electron chi connectivity index (χ0n) is 11.7. The molecule has 3 rings (SSSR count). The average Bonchev–Trinajstić information content (AvgIpc) is 2.47. The van der Waals surface area contributed by atoms with Crippen LogP contribution in [0, 0.1) is 12.7 Å². The molecular formula is C17H16FN3. The number of benzene rings is 2. The third-order valence-corrected chi connectivity index (χ3v) is 3.43. The number of pyridine rings is 1. The number of anilines is 2. The number of aryl methyl sites for hydroxylation is 1. The van der Waals surface area contributed by atoms with Crippen molar-refractivity contribution >= 4 is 22.3 Å². The minimum absolute atomic E-state index is 0.231. The Balaban J connectivity index is 1.92. The minimum Gasteiger partial charge on any atom is -0.398 e. The summed E-state index contributed by atoms with van der Waals surface area (Å²) in [6.07, 6.45) is 1.74. The van der Waals surface area contributed by atoms with E-state index in [1.807, 2.05) is 19.1 Å². The van der Waals surface area contributed by atoms with E-state index in [0.717, 1.165) is 33.4 Å². The van der Waals surface area contributed by atoms with Crippen LogP contribution in [-0.4, -0.2) is 4.98 Å². The predicted molar refractivity (Wildman–Crippen MR) is 84.6 cm³/mol. The summed E-state index contributed by atoms with van der Waals surface area (Å²) in [6.45, 7) is 2.59. The number of fused-ring (bicyclic) bond motifs is 1. The summed E-state index contributed by atoms with van der Waals surface area (Å²) in [6, 6.07) is 12.3. The molecule has 0 aliphatic rings. The number of nitrogens with zero attached hydrogens (tertiary/aromatic N) is 1. The zero-order chi connectivity index (χ0) is 14.8. The normalized spacial score (nSPS) is 10.8. The van der Waals surface area contributed by atoms with Crippen molar-refractivity contribution in [2.24, 2.45) is 0 Å². The van der Waals surface area contributed by atoms with Gasteiger partial charge in [-0.2, -0.15) is 0 Å². The Kier molecular flexibility index (Phi) is 3.44. The number of nitrogens with two attached hydrogens (primary N) is 1. The van der Waals surface area contributed by atoms with Gasteiger partial charge in [-0.25, -0.2) is 9.37 Å². The van der Waals surface area contributed by atoms with Gasteiger partial charge in [-0.05, 0) is 48.4 Å². The fourth-order valence-corrected chi connectivity index (χ4v) is 2.39. The minimum atomic E-state index is -0.231. The van der Waals surface area contributed by atoms with Crippen LogP contribution in [0.3, 0.4) is 0 Å². The van der Waals surface area contributed by atoms with Crippen molar-refractivity contribution in [3.8, 4) is 0 Å². The maximum Gasteiger partial charge on any atom is 0.134 e. The summed E-state index contributed by atoms with van der Waals surface area (Å²) < 4.78 is 12.9. The van der Waals surface area contributed by atoms with E-state index in [2.05, 4.69) is 16.4 Å². The Hall–Kier alpha value is -2.62. The molecule has 21 heavy (non-hydrogen) atoms. The number of nitrogen functional groups attached to an aromatic ring is 1. The molecule has 3 N–H and O–H groups in total. The molecule has 106 valence electrons. The van der Waals surface area contributed by atoms with E-state index in [4.69, 9.17) is 5.73 Å². The maximum atomic E-state index is 12.9. The Bertz CT molecular complexity index is 782. The Morgan fingerprint density at radius 2 is 1.86 bits per heavy atom. The van der Waals surface area contributed by atoms with Crippen molar-refractivity contribution in [3.05, 3.63) is 65.6 Å². The smallest absolute Gasteiger partial charge is 0.134 e. The largest absolute Gasteiger partial charge is 0.398 e. The number of aromatic nitrogens is 1. The third-order valence-electron chi connectivity index (χ3n) is 3.43. The fourth-order valence-electron chi connectivity index (χ4n) is 2.39. The second-order valence-electron chi connectivity index (χ2n) is 5.09. The molecule has 0 spiro atoms. The molecule has 0 saturated heterocycles. The van der Waals surface area contributed by atoms with Gasteiger partial charge < -0.3 is 11.1 Å². The van der Waals surface area contributed by atoms with E-state index < -0.39 is 0 Å². The number of rotatable bonds is 3. The maximum absolute atomic E-state index is 12.9. The van der Waals surface area contributed by atoms with Gasteiger partial charge in [0.1, 0.15) is 11.6 Å². The summed E-state index contributed by atoms with van der Waals surface area (Å²) in [5.74, 6) is 0.553. The second-order valence-corrected chi connectivity index (χ2v) is 5.09. The topological polar surface area (TPSA) is 50.9 Å². The molecule has 3 nitrogen and oxygen atoms in total. The molecule has 0 amide bonds. The van der Waals surface area contributed by atoms with E-state index in [0.29, 0.717) is 6.54 Å². The van der Waals surface area contributed by atoms with E-state index in [1.165, 1.54) is 12.1 Å². The van der Waals surface area contributed by atoms with Crippen LogP contribution in [0.2, 0.25) is 0 Å². The summed E-state index contributed by atoms with van der Waals surface area (Å²) in [7, 11) is 0. The van der Waals surface area contributed by atoms with Gasteiger partial charge in [0, 0.05) is 29.2 Å². The highest BCUT2D eigenvalue weighted by atomic mass is 19.1. The van der Waals surface area contributed by atoms with Gasteiger partial charge in [-0.1, -0.05) is 12.1 Å². The second kappa shape index (κ2) is 5.40. The van der Waals surface area contributed by atoms with Crippen molar-refractivity contribution in [2.45, 2.75) is 13.5 Å². The van der Waals surface area contributed by atoms with Crippen LogP contribution in [0.4, 0.5) is 15.9 Å². The van der Waals surface area contributed by atoms with Crippen LogP contribution in [0.25, 0.3) is 10.8 Å². The summed E-state index contributed by atoms with van der Waals surface area (Å²) >= 11 is 0. The Labute approximate surface area is 122 Å². The quantitative estimate of drug-likeness (QED) is 0.716. The summed E-state index contributed by atoms with van der Waals surface area (Å²) in [5.41, 5.74) is 8.89. The van der Waals surface area contributed by atoms with Gasteiger partial charge in [0.15, 0.2) is 0 Å². The molecule has 0 aliphatic heterocycles. The van der Waals surface area contributed by atoms with Crippen molar-refractivity contribution in [1.29, 1.82) is 0 Å². The number of hydrogen-bond acceptors (Lipinski definition) is 3. The van der Waals surface area contributed by atoms with Gasteiger partial charge >= 0.3 is 0 Å². The lowest BCUT2D eigenvalue weighted by Gasteiger charge is -2.11. The van der Waals surface area contributed by atoms with E-state index >= 15 is 0 Å². The highest BCUT2D eigenvalue weighted by molar-refractivity contribution is 5.99. The standard InChI is InChI=1S/C17H16FN3/c1-11-8-15-14(16(19)9-11)6-7-20-17(15)21-10-12-2-4-13(18)5-3-12/h2-9H,10,19H2,1H3,(H,20,21). The molecule has 0 atom stereocenters. The van der Waals surface area contributed by atoms with Crippen LogP contribution >= 0.6 is 0 Å². The van der Waals surface area contributed by atoms with Crippen LogP contribution < -0.4 is 11.1 Å². The molecule has 2 aromatic carbocycles. The Morgan fingerprint density at radius 1 is 1.10 bits per heavy atom. The van der Waals surface area contributed by atoms with Gasteiger partial charge in [0.25, 0.3) is 0 Å². The SMILES string of the molecule is Cc1cc(N)c2ccnc(NCc3ccc(F)cc3)c2c1.